The average Bonchev–Trinajstić information content (AvgIpc) is 2.33. The molecule has 0 fully saturated rings. The molecule has 1 N–H and O–H groups in total. The van der Waals surface area contributed by atoms with Crippen LogP contribution in [-0.2, 0) is 0 Å². The van der Waals surface area contributed by atoms with E-state index in [-0.39, 0.29) is 5.69 Å². The standard InChI is InChI=1S/C13H10F2N2O/c1-8-10(3-2-6-16-8)13(18)17-12-5-4-9(14)7-11(12)15/h2-7H,1H3,(H,17,18). The largest absolute Gasteiger partial charge is 0.319 e. The van der Waals surface area contributed by atoms with Gasteiger partial charge in [-0.2, -0.15) is 0 Å². The first-order valence-electron chi connectivity index (χ1n) is 5.26. The number of nitrogens with zero attached hydrogens (tertiary/aromatic N) is 1. The third kappa shape index (κ3) is 2.51. The predicted octanol–water partition coefficient (Wildman–Crippen LogP) is 2.92. The smallest absolute Gasteiger partial charge is 0.257 e. The Bertz CT molecular complexity index is 599. The summed E-state index contributed by atoms with van der Waals surface area (Å²) in [5, 5.41) is 2.37. The summed E-state index contributed by atoms with van der Waals surface area (Å²) in [6, 6.07) is 6.16. The van der Waals surface area contributed by atoms with Crippen LogP contribution in [0.3, 0.4) is 0 Å². The number of carbonyl (C=O) groups is 1. The summed E-state index contributed by atoms with van der Waals surface area (Å²) in [5.74, 6) is -1.99. The molecule has 1 amide bonds. The third-order valence-electron chi connectivity index (χ3n) is 2.43. The molecule has 2 rings (SSSR count). The van der Waals surface area contributed by atoms with E-state index in [9.17, 15) is 13.6 Å². The third-order valence-corrected chi connectivity index (χ3v) is 2.43. The predicted molar refractivity (Wildman–Crippen MR) is 63.3 cm³/mol. The first-order valence-corrected chi connectivity index (χ1v) is 5.26. The van der Waals surface area contributed by atoms with Gasteiger partial charge in [0.2, 0.25) is 0 Å². The topological polar surface area (TPSA) is 42.0 Å². The molecule has 0 saturated heterocycles. The maximum absolute atomic E-state index is 13.4. The van der Waals surface area contributed by atoms with E-state index in [0.29, 0.717) is 17.3 Å². The number of pyridine rings is 1. The van der Waals surface area contributed by atoms with Crippen LogP contribution in [0.2, 0.25) is 0 Å². The van der Waals surface area contributed by atoms with Gasteiger partial charge >= 0.3 is 0 Å². The molecule has 1 aromatic carbocycles. The number of rotatable bonds is 2. The van der Waals surface area contributed by atoms with Gasteiger partial charge in [0.15, 0.2) is 0 Å². The van der Waals surface area contributed by atoms with Crippen molar-refractivity contribution in [1.82, 2.24) is 4.98 Å². The van der Waals surface area contributed by atoms with Gasteiger partial charge in [-0.05, 0) is 31.2 Å². The van der Waals surface area contributed by atoms with Gasteiger partial charge in [0, 0.05) is 18.0 Å². The molecule has 0 bridgehead atoms. The summed E-state index contributed by atoms with van der Waals surface area (Å²) >= 11 is 0. The monoisotopic (exact) mass is 248 g/mol. The second kappa shape index (κ2) is 4.91. The molecule has 0 atom stereocenters. The van der Waals surface area contributed by atoms with Crippen LogP contribution in [0.15, 0.2) is 36.5 Å². The molecule has 0 aliphatic carbocycles. The minimum atomic E-state index is -0.815. The van der Waals surface area contributed by atoms with Crippen LogP contribution < -0.4 is 5.32 Å². The zero-order chi connectivity index (χ0) is 13.1. The first-order chi connectivity index (χ1) is 8.58. The molecule has 2 aromatic rings. The molecular formula is C13H10F2N2O. The lowest BCUT2D eigenvalue weighted by Gasteiger charge is -2.07. The molecule has 0 saturated carbocycles. The Morgan fingerprint density at radius 3 is 2.72 bits per heavy atom. The number of halogens is 2. The number of nitrogens with one attached hydrogen (secondary N) is 1. The lowest BCUT2D eigenvalue weighted by molar-refractivity contribution is 0.102. The highest BCUT2D eigenvalue weighted by atomic mass is 19.1. The van der Waals surface area contributed by atoms with E-state index in [2.05, 4.69) is 10.3 Å². The minimum Gasteiger partial charge on any atom is -0.319 e. The second-order valence-electron chi connectivity index (χ2n) is 3.71. The van der Waals surface area contributed by atoms with Gasteiger partial charge in [-0.25, -0.2) is 8.78 Å². The van der Waals surface area contributed by atoms with Gasteiger partial charge in [0.25, 0.3) is 5.91 Å². The number of hydrogen-bond donors (Lipinski definition) is 1. The van der Waals surface area contributed by atoms with Crippen LogP contribution in [0, 0.1) is 18.6 Å². The van der Waals surface area contributed by atoms with Crippen LogP contribution in [0.5, 0.6) is 0 Å². The lowest BCUT2D eigenvalue weighted by Crippen LogP contribution is -2.14. The van der Waals surface area contributed by atoms with Crippen molar-refractivity contribution in [3.05, 3.63) is 59.4 Å². The minimum absolute atomic E-state index is 0.0651. The Morgan fingerprint density at radius 1 is 1.28 bits per heavy atom. The molecule has 1 heterocycles. The van der Waals surface area contributed by atoms with Crippen LogP contribution in [0.25, 0.3) is 0 Å². The van der Waals surface area contributed by atoms with Crippen molar-refractivity contribution in [2.45, 2.75) is 6.92 Å². The van der Waals surface area contributed by atoms with E-state index in [4.69, 9.17) is 0 Å². The Hall–Kier alpha value is -2.30. The molecule has 1 aromatic heterocycles. The van der Waals surface area contributed by atoms with Gasteiger partial charge in [-0.3, -0.25) is 9.78 Å². The number of anilines is 1. The Labute approximate surface area is 102 Å². The van der Waals surface area contributed by atoms with Crippen LogP contribution in [0.1, 0.15) is 16.1 Å². The molecule has 0 aliphatic rings. The van der Waals surface area contributed by atoms with Crippen molar-refractivity contribution in [2.24, 2.45) is 0 Å². The zero-order valence-electron chi connectivity index (χ0n) is 9.58. The van der Waals surface area contributed by atoms with Crippen LogP contribution >= 0.6 is 0 Å². The Kier molecular flexibility index (Phi) is 3.32. The summed E-state index contributed by atoms with van der Waals surface area (Å²) in [6.45, 7) is 1.68. The van der Waals surface area contributed by atoms with E-state index in [1.807, 2.05) is 0 Å². The molecule has 18 heavy (non-hydrogen) atoms. The first kappa shape index (κ1) is 12.2. The highest BCUT2D eigenvalue weighted by Gasteiger charge is 2.12. The fourth-order valence-corrected chi connectivity index (χ4v) is 1.50. The number of hydrogen-bond acceptors (Lipinski definition) is 2. The van der Waals surface area contributed by atoms with Crippen molar-refractivity contribution >= 4 is 11.6 Å². The van der Waals surface area contributed by atoms with E-state index < -0.39 is 17.5 Å². The van der Waals surface area contributed by atoms with Crippen molar-refractivity contribution in [1.29, 1.82) is 0 Å². The number of amides is 1. The molecule has 0 spiro atoms. The van der Waals surface area contributed by atoms with E-state index >= 15 is 0 Å². The van der Waals surface area contributed by atoms with E-state index in [1.165, 1.54) is 6.07 Å². The van der Waals surface area contributed by atoms with Crippen LogP contribution in [0.4, 0.5) is 14.5 Å². The number of aromatic nitrogens is 1. The SMILES string of the molecule is Cc1ncccc1C(=O)Nc1ccc(F)cc1F. The zero-order valence-corrected chi connectivity index (χ0v) is 9.58. The highest BCUT2D eigenvalue weighted by molar-refractivity contribution is 6.04. The number of carbonyl (C=O) groups excluding carboxylic acids is 1. The average molecular weight is 248 g/mol. The summed E-state index contributed by atoms with van der Waals surface area (Å²) < 4.78 is 26.1. The van der Waals surface area contributed by atoms with Crippen molar-refractivity contribution in [3.63, 3.8) is 0 Å². The summed E-state index contributed by atoms with van der Waals surface area (Å²) in [5.41, 5.74) is 0.823. The van der Waals surface area contributed by atoms with Gasteiger partial charge < -0.3 is 5.32 Å². The van der Waals surface area contributed by atoms with E-state index in [0.717, 1.165) is 6.07 Å². The van der Waals surface area contributed by atoms with Crippen molar-refractivity contribution in [2.75, 3.05) is 5.32 Å². The Balaban J connectivity index is 2.24. The van der Waals surface area contributed by atoms with Crippen molar-refractivity contribution < 1.29 is 13.6 Å². The van der Waals surface area contributed by atoms with Gasteiger partial charge in [-0.1, -0.05) is 0 Å². The second-order valence-corrected chi connectivity index (χ2v) is 3.71. The summed E-state index contributed by atoms with van der Waals surface area (Å²) in [6.07, 6.45) is 1.56. The summed E-state index contributed by atoms with van der Waals surface area (Å²) in [4.78, 5) is 15.8. The molecule has 92 valence electrons. The fourth-order valence-electron chi connectivity index (χ4n) is 1.50. The lowest BCUT2D eigenvalue weighted by atomic mass is 10.2. The van der Waals surface area contributed by atoms with Gasteiger partial charge in [0.05, 0.1) is 11.3 Å². The van der Waals surface area contributed by atoms with Crippen molar-refractivity contribution in [3.8, 4) is 0 Å². The highest BCUT2D eigenvalue weighted by Crippen LogP contribution is 2.16. The number of aryl methyl sites for hydroxylation is 1. The molecule has 0 aliphatic heterocycles. The maximum Gasteiger partial charge on any atom is 0.257 e. The van der Waals surface area contributed by atoms with Gasteiger partial charge in [-0.15, -0.1) is 0 Å². The van der Waals surface area contributed by atoms with Gasteiger partial charge in [0.1, 0.15) is 11.6 Å². The quantitative estimate of drug-likeness (QED) is 0.887. The van der Waals surface area contributed by atoms with Crippen LogP contribution in [-0.4, -0.2) is 10.9 Å². The molecule has 5 heteroatoms. The normalized spacial score (nSPS) is 10.2. The maximum atomic E-state index is 13.4. The molecule has 0 radical (unpaired) electrons. The summed E-state index contributed by atoms with van der Waals surface area (Å²) in [7, 11) is 0. The fraction of sp³-hybridized carbons (Fsp3) is 0.0769. The molecule has 0 unspecified atom stereocenters. The molecule has 3 nitrogen and oxygen atoms in total. The Morgan fingerprint density at radius 2 is 2.06 bits per heavy atom. The van der Waals surface area contributed by atoms with E-state index in [1.54, 1.807) is 25.3 Å². The molecular weight excluding hydrogens is 238 g/mol. The number of benzene rings is 1.